The quantitative estimate of drug-likeness (QED) is 0.312. The van der Waals surface area contributed by atoms with Crippen LogP contribution in [0.25, 0.3) is 0 Å². The summed E-state index contributed by atoms with van der Waals surface area (Å²) in [5, 5.41) is 22.1. The number of hydrogen-bond acceptors (Lipinski definition) is 4. The number of rotatable bonds is 5. The molecule has 0 fully saturated rings. The summed E-state index contributed by atoms with van der Waals surface area (Å²) in [6.07, 6.45) is -1.34. The van der Waals surface area contributed by atoms with Crippen molar-refractivity contribution in [1.82, 2.24) is 10.6 Å². The van der Waals surface area contributed by atoms with Crippen LogP contribution in [-0.2, 0) is 9.59 Å². The van der Waals surface area contributed by atoms with Gasteiger partial charge in [-0.15, -0.1) is 0 Å². The molecule has 4 N–H and O–H groups in total. The molecule has 0 aliphatic rings. The fourth-order valence-electron chi connectivity index (χ4n) is 0.567. The Morgan fingerprint density at radius 2 is 1.29 bits per heavy atom. The molecule has 0 aliphatic heterocycles. The molecule has 6 heteroatoms. The molecule has 0 aliphatic carbocycles. The number of carbonyl (C=O) groups excluding carboxylic acids is 2. The zero-order valence-corrected chi connectivity index (χ0v) is 7.43. The fraction of sp³-hybridized carbons (Fsp3) is 0.250. The number of carbonyl (C=O) groups is 2. The van der Waals surface area contributed by atoms with Gasteiger partial charge in [0.15, 0.2) is 12.5 Å². The van der Waals surface area contributed by atoms with E-state index in [0.717, 1.165) is 12.2 Å². The van der Waals surface area contributed by atoms with Gasteiger partial charge < -0.3 is 20.8 Å². The molecule has 0 saturated heterocycles. The molecule has 2 amide bonds. The minimum absolute atomic E-state index is 0.663. The summed E-state index contributed by atoms with van der Waals surface area (Å²) < 4.78 is 0. The lowest BCUT2D eigenvalue weighted by molar-refractivity contribution is -0.128. The smallest absolute Gasteiger partial charge is 0.245 e. The third-order valence-electron chi connectivity index (χ3n) is 1.25. The standard InChI is InChI=1S/C8H12N2O4/c1-3-5(11)9-7(13)8(14)10-6(12)4-2/h3-4,7-8,13-14H,1-2H2,(H,9,11)(H,10,12)/t7-,8-/m1/s1. The second-order valence-electron chi connectivity index (χ2n) is 2.32. The average Bonchev–Trinajstić information content (AvgIpc) is 2.17. The summed E-state index contributed by atoms with van der Waals surface area (Å²) in [7, 11) is 0. The lowest BCUT2D eigenvalue weighted by atomic mass is 10.4. The van der Waals surface area contributed by atoms with Crippen molar-refractivity contribution in [3.63, 3.8) is 0 Å². The first-order chi connectivity index (χ1) is 6.51. The Bertz CT molecular complexity index is 226. The maximum atomic E-state index is 10.6. The highest BCUT2D eigenvalue weighted by Crippen LogP contribution is 1.86. The van der Waals surface area contributed by atoms with E-state index in [-0.39, 0.29) is 0 Å². The molecule has 0 aromatic rings. The molecular weight excluding hydrogens is 188 g/mol. The van der Waals surface area contributed by atoms with Gasteiger partial charge in [0.25, 0.3) is 0 Å². The Morgan fingerprint density at radius 1 is 1.00 bits per heavy atom. The van der Waals surface area contributed by atoms with E-state index in [1.54, 1.807) is 0 Å². The number of aliphatic hydroxyl groups is 2. The van der Waals surface area contributed by atoms with Crippen molar-refractivity contribution in [3.05, 3.63) is 25.3 Å². The molecule has 0 aromatic heterocycles. The minimum atomic E-state index is -1.59. The van der Waals surface area contributed by atoms with E-state index >= 15 is 0 Å². The molecule has 0 aromatic carbocycles. The Balaban J connectivity index is 4.04. The lowest BCUT2D eigenvalue weighted by Crippen LogP contribution is -2.51. The van der Waals surface area contributed by atoms with Gasteiger partial charge in [-0.2, -0.15) is 0 Å². The molecule has 0 radical (unpaired) electrons. The Hall–Kier alpha value is -1.66. The molecule has 0 heterocycles. The largest absolute Gasteiger partial charge is 0.369 e. The minimum Gasteiger partial charge on any atom is -0.369 e. The van der Waals surface area contributed by atoms with Crippen LogP contribution in [-0.4, -0.2) is 34.5 Å². The topological polar surface area (TPSA) is 98.7 Å². The third-order valence-corrected chi connectivity index (χ3v) is 1.25. The van der Waals surface area contributed by atoms with Crippen molar-refractivity contribution >= 4 is 11.8 Å². The number of hydrogen-bond donors (Lipinski definition) is 4. The maximum absolute atomic E-state index is 10.6. The number of nitrogens with one attached hydrogen (secondary N) is 2. The normalized spacial score (nSPS) is 13.6. The predicted octanol–water partition coefficient (Wildman–Crippen LogP) is -1.77. The van der Waals surface area contributed by atoms with Gasteiger partial charge in [-0.3, -0.25) is 9.59 Å². The van der Waals surface area contributed by atoms with E-state index < -0.39 is 24.3 Å². The van der Waals surface area contributed by atoms with Crippen molar-refractivity contribution in [1.29, 1.82) is 0 Å². The van der Waals surface area contributed by atoms with Crippen molar-refractivity contribution < 1.29 is 19.8 Å². The zero-order valence-electron chi connectivity index (χ0n) is 7.43. The summed E-state index contributed by atoms with van der Waals surface area (Å²) in [5.74, 6) is -1.33. The van der Waals surface area contributed by atoms with Gasteiger partial charge in [-0.25, -0.2) is 0 Å². The molecule has 0 unspecified atom stereocenters. The second-order valence-corrected chi connectivity index (χ2v) is 2.32. The molecule has 14 heavy (non-hydrogen) atoms. The van der Waals surface area contributed by atoms with Gasteiger partial charge in [-0.05, 0) is 12.2 Å². The van der Waals surface area contributed by atoms with Crippen molar-refractivity contribution in [2.75, 3.05) is 0 Å². The molecular formula is C8H12N2O4. The van der Waals surface area contributed by atoms with Crippen LogP contribution in [0.15, 0.2) is 25.3 Å². The first-order valence-corrected chi connectivity index (χ1v) is 3.73. The summed E-state index contributed by atoms with van der Waals surface area (Å²) >= 11 is 0. The van der Waals surface area contributed by atoms with Gasteiger partial charge in [0.05, 0.1) is 0 Å². The predicted molar refractivity (Wildman–Crippen MR) is 48.7 cm³/mol. The van der Waals surface area contributed by atoms with Crippen LogP contribution in [0.3, 0.4) is 0 Å². The van der Waals surface area contributed by atoms with Gasteiger partial charge in [0, 0.05) is 0 Å². The van der Waals surface area contributed by atoms with E-state index in [1.165, 1.54) is 0 Å². The summed E-state index contributed by atoms with van der Waals surface area (Å²) in [6, 6.07) is 0. The van der Waals surface area contributed by atoms with E-state index in [2.05, 4.69) is 13.2 Å². The van der Waals surface area contributed by atoms with Crippen LogP contribution in [0.5, 0.6) is 0 Å². The Labute approximate surface area is 80.9 Å². The Morgan fingerprint density at radius 3 is 1.50 bits per heavy atom. The van der Waals surface area contributed by atoms with Gasteiger partial charge >= 0.3 is 0 Å². The van der Waals surface area contributed by atoms with Crippen LogP contribution < -0.4 is 10.6 Å². The van der Waals surface area contributed by atoms with Gasteiger partial charge in [-0.1, -0.05) is 13.2 Å². The number of aliphatic hydroxyl groups excluding tert-OH is 2. The molecule has 0 saturated carbocycles. The van der Waals surface area contributed by atoms with Crippen molar-refractivity contribution in [2.45, 2.75) is 12.5 Å². The van der Waals surface area contributed by atoms with Crippen LogP contribution in [0.4, 0.5) is 0 Å². The summed E-state index contributed by atoms with van der Waals surface area (Å²) in [5.41, 5.74) is 0. The van der Waals surface area contributed by atoms with Crippen LogP contribution in [0, 0.1) is 0 Å². The molecule has 2 atom stereocenters. The maximum Gasteiger partial charge on any atom is 0.245 e. The van der Waals surface area contributed by atoms with Crippen molar-refractivity contribution in [3.8, 4) is 0 Å². The molecule has 0 spiro atoms. The molecule has 0 rings (SSSR count). The van der Waals surface area contributed by atoms with Gasteiger partial charge in [0.2, 0.25) is 11.8 Å². The fourth-order valence-corrected chi connectivity index (χ4v) is 0.567. The highest BCUT2D eigenvalue weighted by molar-refractivity contribution is 5.88. The third kappa shape index (κ3) is 4.39. The first kappa shape index (κ1) is 12.3. The summed E-state index contributed by atoms with van der Waals surface area (Å²) in [4.78, 5) is 21.3. The average molecular weight is 200 g/mol. The summed E-state index contributed by atoms with van der Waals surface area (Å²) in [6.45, 7) is 6.28. The van der Waals surface area contributed by atoms with Crippen molar-refractivity contribution in [2.24, 2.45) is 0 Å². The van der Waals surface area contributed by atoms with Crippen LogP contribution in [0.2, 0.25) is 0 Å². The van der Waals surface area contributed by atoms with Gasteiger partial charge in [0.1, 0.15) is 0 Å². The van der Waals surface area contributed by atoms with E-state index in [1.807, 2.05) is 10.6 Å². The first-order valence-electron chi connectivity index (χ1n) is 3.73. The Kier molecular flexibility index (Phi) is 5.20. The molecule has 0 bridgehead atoms. The van der Waals surface area contributed by atoms with E-state index in [0.29, 0.717) is 0 Å². The highest BCUT2D eigenvalue weighted by atomic mass is 16.4. The molecule has 6 nitrogen and oxygen atoms in total. The van der Waals surface area contributed by atoms with E-state index in [4.69, 9.17) is 10.2 Å². The number of amides is 2. The van der Waals surface area contributed by atoms with Crippen LogP contribution in [0.1, 0.15) is 0 Å². The van der Waals surface area contributed by atoms with Crippen LogP contribution >= 0.6 is 0 Å². The van der Waals surface area contributed by atoms with E-state index in [9.17, 15) is 9.59 Å². The second kappa shape index (κ2) is 5.90. The SMILES string of the molecule is C=CC(=O)N[C@H](O)[C@@H](O)NC(=O)C=C. The zero-order chi connectivity index (χ0) is 11.1. The molecule has 78 valence electrons. The lowest BCUT2D eigenvalue weighted by Gasteiger charge is -2.18. The highest BCUT2D eigenvalue weighted by Gasteiger charge is 2.17. The monoisotopic (exact) mass is 200 g/mol.